The Kier molecular flexibility index (Phi) is 9.76. The Balaban J connectivity index is 1.56. The molecular formula is C31H31BrClN5O3S. The van der Waals surface area contributed by atoms with Crippen LogP contribution in [0.3, 0.4) is 0 Å². The molecule has 1 aromatic heterocycles. The number of allylic oxidation sites excluding steroid dienone is 1. The number of hydrogen-bond donors (Lipinski definition) is 2. The van der Waals surface area contributed by atoms with Crippen molar-refractivity contribution in [1.29, 1.82) is 0 Å². The Labute approximate surface area is 263 Å². The van der Waals surface area contributed by atoms with E-state index in [1.54, 1.807) is 16.4 Å². The fraction of sp³-hybridized carbons (Fsp3) is 0.258. The summed E-state index contributed by atoms with van der Waals surface area (Å²) >= 11 is 11.3. The van der Waals surface area contributed by atoms with Gasteiger partial charge in [-0.05, 0) is 83.7 Å². The lowest BCUT2D eigenvalue weighted by atomic mass is 9.94. The van der Waals surface area contributed by atoms with Crippen molar-refractivity contribution in [3.8, 4) is 11.5 Å². The zero-order valence-electron chi connectivity index (χ0n) is 23.5. The summed E-state index contributed by atoms with van der Waals surface area (Å²) in [5.41, 5.74) is 3.68. The van der Waals surface area contributed by atoms with Crippen LogP contribution in [0, 0.1) is 0 Å². The number of nitrogens with zero attached hydrogens (tertiary/aromatic N) is 3. The number of carbonyl (C=O) groups is 1. The lowest BCUT2D eigenvalue weighted by Gasteiger charge is -2.29. The second-order valence-corrected chi connectivity index (χ2v) is 11.9. The van der Waals surface area contributed by atoms with Gasteiger partial charge in [0, 0.05) is 22.2 Å². The maximum Gasteiger partial charge on any atom is 0.255 e. The third-order valence-electron chi connectivity index (χ3n) is 6.49. The van der Waals surface area contributed by atoms with Gasteiger partial charge in [0.1, 0.15) is 12.6 Å². The first-order valence-corrected chi connectivity index (χ1v) is 15.8. The van der Waals surface area contributed by atoms with E-state index < -0.39 is 6.04 Å². The molecule has 0 saturated carbocycles. The monoisotopic (exact) mass is 667 g/mol. The molecule has 0 fully saturated rings. The molecule has 1 amide bonds. The van der Waals surface area contributed by atoms with Crippen LogP contribution in [0.5, 0.6) is 11.5 Å². The maximum atomic E-state index is 13.8. The molecule has 1 atom stereocenters. The number of ether oxygens (including phenoxy) is 2. The number of thioether (sulfide) groups is 1. The van der Waals surface area contributed by atoms with Crippen molar-refractivity contribution in [3.05, 3.63) is 98.6 Å². The van der Waals surface area contributed by atoms with Crippen molar-refractivity contribution in [3.63, 3.8) is 0 Å². The first-order valence-electron chi connectivity index (χ1n) is 13.6. The third-order valence-corrected chi connectivity index (χ3v) is 8.37. The molecule has 5 rings (SSSR count). The Morgan fingerprint density at radius 3 is 2.60 bits per heavy atom. The summed E-state index contributed by atoms with van der Waals surface area (Å²) in [6.07, 6.45) is 0.996. The normalized spacial score (nSPS) is 14.3. The zero-order chi connectivity index (χ0) is 29.6. The predicted octanol–water partition coefficient (Wildman–Crippen LogP) is 8.10. The fourth-order valence-corrected chi connectivity index (χ4v) is 5.98. The van der Waals surface area contributed by atoms with Crippen molar-refractivity contribution in [2.45, 2.75) is 45.0 Å². The summed E-state index contributed by atoms with van der Waals surface area (Å²) < 4.78 is 14.8. The van der Waals surface area contributed by atoms with Gasteiger partial charge in [-0.1, -0.05) is 60.6 Å². The van der Waals surface area contributed by atoms with E-state index in [0.29, 0.717) is 62.3 Å². The van der Waals surface area contributed by atoms with E-state index >= 15 is 0 Å². The molecule has 4 aromatic rings. The summed E-state index contributed by atoms with van der Waals surface area (Å²) in [4.78, 5) is 18.6. The first kappa shape index (κ1) is 30.0. The largest absolute Gasteiger partial charge is 0.490 e. The van der Waals surface area contributed by atoms with Gasteiger partial charge in [0.05, 0.1) is 16.7 Å². The second-order valence-electron chi connectivity index (χ2n) is 9.58. The molecule has 1 aliphatic heterocycles. The van der Waals surface area contributed by atoms with Crippen LogP contribution in [0.1, 0.15) is 44.4 Å². The van der Waals surface area contributed by atoms with Crippen molar-refractivity contribution in [2.75, 3.05) is 23.0 Å². The summed E-state index contributed by atoms with van der Waals surface area (Å²) in [7, 11) is 0. The Bertz CT molecular complexity index is 1590. The molecule has 8 nitrogen and oxygen atoms in total. The second kappa shape index (κ2) is 13.7. The van der Waals surface area contributed by atoms with Crippen molar-refractivity contribution in [2.24, 2.45) is 0 Å². The first-order chi connectivity index (χ1) is 20.4. The van der Waals surface area contributed by atoms with E-state index in [1.807, 2.05) is 80.6 Å². The van der Waals surface area contributed by atoms with Crippen molar-refractivity contribution in [1.82, 2.24) is 14.8 Å². The van der Waals surface area contributed by atoms with Crippen LogP contribution in [0.15, 0.2) is 87.6 Å². The van der Waals surface area contributed by atoms with Crippen molar-refractivity contribution >= 4 is 56.8 Å². The average Bonchev–Trinajstić information content (AvgIpc) is 3.38. The third kappa shape index (κ3) is 6.77. The van der Waals surface area contributed by atoms with Crippen LogP contribution < -0.4 is 20.1 Å². The Morgan fingerprint density at radius 1 is 1.12 bits per heavy atom. The van der Waals surface area contributed by atoms with Gasteiger partial charge < -0.3 is 20.1 Å². The molecule has 0 aliphatic carbocycles. The molecule has 218 valence electrons. The smallest absolute Gasteiger partial charge is 0.255 e. The number of anilines is 2. The van der Waals surface area contributed by atoms with Crippen LogP contribution in [0.4, 0.5) is 11.6 Å². The molecule has 2 heterocycles. The molecular weight excluding hydrogens is 638 g/mol. The standard InChI is InChI=1S/C31H31BrClN5O3S/c1-4-15-42-31-36-30-34-19(3)26(29(39)35-23-9-7-6-8-10-23)27(38(30)37-31)21-16-24(32)28(25(17-21)40-5-2)41-18-20-11-13-22(33)14-12-20/h6-14,16-17,27H,4-5,15,18H2,1-3H3,(H,35,39)(H,34,36,37). The summed E-state index contributed by atoms with van der Waals surface area (Å²) in [5, 5.41) is 12.5. The van der Waals surface area contributed by atoms with Crippen LogP contribution >= 0.6 is 39.3 Å². The van der Waals surface area contributed by atoms with Gasteiger partial charge in [0.15, 0.2) is 11.5 Å². The number of amides is 1. The number of halogens is 2. The molecule has 1 aliphatic rings. The molecule has 0 saturated heterocycles. The fourth-order valence-electron chi connectivity index (χ4n) is 4.59. The van der Waals surface area contributed by atoms with Crippen LogP contribution in [-0.4, -0.2) is 33.0 Å². The molecule has 0 spiro atoms. The molecule has 3 aromatic carbocycles. The molecule has 2 N–H and O–H groups in total. The maximum absolute atomic E-state index is 13.8. The lowest BCUT2D eigenvalue weighted by Crippen LogP contribution is -2.31. The summed E-state index contributed by atoms with van der Waals surface area (Å²) in [5.74, 6) is 2.35. The van der Waals surface area contributed by atoms with Gasteiger partial charge in [-0.25, -0.2) is 4.68 Å². The minimum atomic E-state index is -0.575. The minimum Gasteiger partial charge on any atom is -0.490 e. The van der Waals surface area contributed by atoms with Gasteiger partial charge in [0.25, 0.3) is 5.91 Å². The average molecular weight is 669 g/mol. The van der Waals surface area contributed by atoms with Crippen molar-refractivity contribution < 1.29 is 14.3 Å². The zero-order valence-corrected chi connectivity index (χ0v) is 26.6. The van der Waals surface area contributed by atoms with Gasteiger partial charge in [-0.15, -0.1) is 5.10 Å². The highest BCUT2D eigenvalue weighted by molar-refractivity contribution is 9.10. The highest BCUT2D eigenvalue weighted by atomic mass is 79.9. The highest BCUT2D eigenvalue weighted by Gasteiger charge is 2.35. The van der Waals surface area contributed by atoms with Gasteiger partial charge in [-0.3, -0.25) is 4.79 Å². The molecule has 0 radical (unpaired) electrons. The quantitative estimate of drug-likeness (QED) is 0.156. The number of fused-ring (bicyclic) bond motifs is 1. The highest BCUT2D eigenvalue weighted by Crippen LogP contribution is 2.43. The molecule has 1 unspecified atom stereocenters. The van der Waals surface area contributed by atoms with E-state index in [4.69, 9.17) is 31.2 Å². The summed E-state index contributed by atoms with van der Waals surface area (Å²) in [6, 6.07) is 20.2. The number of aromatic nitrogens is 3. The Morgan fingerprint density at radius 2 is 1.88 bits per heavy atom. The number of benzene rings is 3. The van der Waals surface area contributed by atoms with E-state index in [2.05, 4.69) is 33.5 Å². The van der Waals surface area contributed by atoms with E-state index in [1.165, 1.54) is 0 Å². The number of nitrogens with one attached hydrogen (secondary N) is 2. The van der Waals surface area contributed by atoms with Gasteiger partial charge >= 0.3 is 0 Å². The lowest BCUT2D eigenvalue weighted by molar-refractivity contribution is -0.113. The van der Waals surface area contributed by atoms with Crippen LogP contribution in [0.25, 0.3) is 0 Å². The minimum absolute atomic E-state index is 0.239. The number of para-hydroxylation sites is 1. The molecule has 42 heavy (non-hydrogen) atoms. The number of hydrogen-bond acceptors (Lipinski definition) is 7. The van der Waals surface area contributed by atoms with Crippen LogP contribution in [-0.2, 0) is 11.4 Å². The predicted molar refractivity (Wildman–Crippen MR) is 172 cm³/mol. The molecule has 11 heteroatoms. The number of rotatable bonds is 11. The SMILES string of the molecule is CCCSc1nc2n(n1)C(c1cc(Br)c(OCc3ccc(Cl)cc3)c(OCC)c1)C(C(=O)Nc1ccccc1)=C(C)N2. The number of carbonyl (C=O) groups excluding carboxylic acids is 1. The van der Waals surface area contributed by atoms with Gasteiger partial charge in [-0.2, -0.15) is 4.98 Å². The van der Waals surface area contributed by atoms with E-state index in [9.17, 15) is 4.79 Å². The van der Waals surface area contributed by atoms with E-state index in [-0.39, 0.29) is 5.91 Å². The topological polar surface area (TPSA) is 90.3 Å². The Hall–Kier alpha value is -3.47. The van der Waals surface area contributed by atoms with Gasteiger partial charge in [0.2, 0.25) is 11.1 Å². The molecule has 0 bridgehead atoms. The van der Waals surface area contributed by atoms with Crippen LogP contribution in [0.2, 0.25) is 5.02 Å². The summed E-state index contributed by atoms with van der Waals surface area (Å²) in [6.45, 7) is 6.68. The van der Waals surface area contributed by atoms with E-state index in [0.717, 1.165) is 23.3 Å².